The first-order valence-electron chi connectivity index (χ1n) is 7.49. The van der Waals surface area contributed by atoms with Crippen LogP contribution in [0.25, 0.3) is 0 Å². The molecule has 0 unspecified atom stereocenters. The van der Waals surface area contributed by atoms with Crippen molar-refractivity contribution in [1.29, 1.82) is 0 Å². The van der Waals surface area contributed by atoms with Crippen molar-refractivity contribution in [3.05, 3.63) is 59.1 Å². The first-order valence-corrected chi connectivity index (χ1v) is 8.37. The van der Waals surface area contributed by atoms with Gasteiger partial charge in [-0.3, -0.25) is 14.5 Å². The maximum atomic E-state index is 12.9. The third-order valence-corrected chi connectivity index (χ3v) is 4.25. The third-order valence-electron chi connectivity index (χ3n) is 3.27. The molecular formula is C17H16F3N3O2S. The molecule has 0 atom stereocenters. The number of benzene rings is 1. The normalized spacial score (nSPS) is 11.1. The number of halogens is 3. The van der Waals surface area contributed by atoms with E-state index in [-0.39, 0.29) is 23.1 Å². The van der Waals surface area contributed by atoms with E-state index in [9.17, 15) is 22.8 Å². The Kier molecular flexibility index (Phi) is 6.14. The molecule has 0 fully saturated rings. The van der Waals surface area contributed by atoms with Crippen LogP contribution in [0.15, 0.2) is 42.3 Å². The summed E-state index contributed by atoms with van der Waals surface area (Å²) in [4.78, 5) is 28.3. The van der Waals surface area contributed by atoms with Gasteiger partial charge in [0.1, 0.15) is 6.54 Å². The maximum absolute atomic E-state index is 12.9. The summed E-state index contributed by atoms with van der Waals surface area (Å²) in [5, 5.41) is 4.14. The SMILES string of the molecule is C=CC(=O)NCc1ccc(C(=O)N(CC(F)(F)F)c2nc(C)cs2)cc1. The highest BCUT2D eigenvalue weighted by atomic mass is 32.1. The predicted molar refractivity (Wildman–Crippen MR) is 93.1 cm³/mol. The molecule has 0 aliphatic rings. The van der Waals surface area contributed by atoms with Crippen molar-refractivity contribution in [2.75, 3.05) is 11.4 Å². The highest BCUT2D eigenvalue weighted by Gasteiger charge is 2.35. The zero-order valence-corrected chi connectivity index (χ0v) is 14.7. The monoisotopic (exact) mass is 383 g/mol. The van der Waals surface area contributed by atoms with E-state index >= 15 is 0 Å². The van der Waals surface area contributed by atoms with Crippen molar-refractivity contribution in [3.8, 4) is 0 Å². The largest absolute Gasteiger partial charge is 0.406 e. The number of aromatic nitrogens is 1. The average Bonchev–Trinajstić information content (AvgIpc) is 3.03. The summed E-state index contributed by atoms with van der Waals surface area (Å²) in [5.41, 5.74) is 1.34. The standard InChI is InChI=1S/C17H16F3N3O2S/c1-3-14(24)21-8-12-4-6-13(7-5-12)15(25)23(10-17(18,19)20)16-22-11(2)9-26-16/h3-7,9H,1,8,10H2,2H3,(H,21,24). The van der Waals surface area contributed by atoms with Gasteiger partial charge in [0.25, 0.3) is 5.91 Å². The van der Waals surface area contributed by atoms with Gasteiger partial charge in [-0.25, -0.2) is 4.98 Å². The van der Waals surface area contributed by atoms with Gasteiger partial charge in [-0.1, -0.05) is 18.7 Å². The number of rotatable bonds is 6. The summed E-state index contributed by atoms with van der Waals surface area (Å²) in [6, 6.07) is 5.97. The fraction of sp³-hybridized carbons (Fsp3) is 0.235. The van der Waals surface area contributed by atoms with Gasteiger partial charge in [-0.2, -0.15) is 13.2 Å². The number of hydrogen-bond donors (Lipinski definition) is 1. The number of nitrogens with zero attached hydrogens (tertiary/aromatic N) is 2. The lowest BCUT2D eigenvalue weighted by atomic mass is 10.1. The summed E-state index contributed by atoms with van der Waals surface area (Å²) in [5.74, 6) is -1.14. The van der Waals surface area contributed by atoms with Gasteiger partial charge in [0.15, 0.2) is 5.13 Å². The Morgan fingerprint density at radius 2 is 1.96 bits per heavy atom. The number of aryl methyl sites for hydroxylation is 1. The van der Waals surface area contributed by atoms with Crippen LogP contribution in [-0.4, -0.2) is 29.5 Å². The minimum atomic E-state index is -4.55. The van der Waals surface area contributed by atoms with Crippen LogP contribution in [0.2, 0.25) is 0 Å². The van der Waals surface area contributed by atoms with Crippen LogP contribution < -0.4 is 10.2 Å². The van der Waals surface area contributed by atoms with Gasteiger partial charge >= 0.3 is 6.18 Å². The topological polar surface area (TPSA) is 62.3 Å². The predicted octanol–water partition coefficient (Wildman–Crippen LogP) is 3.46. The highest BCUT2D eigenvalue weighted by molar-refractivity contribution is 7.14. The summed E-state index contributed by atoms with van der Waals surface area (Å²) in [7, 11) is 0. The third kappa shape index (κ3) is 5.41. The molecule has 0 saturated carbocycles. The molecule has 9 heteroatoms. The number of carbonyl (C=O) groups is 2. The van der Waals surface area contributed by atoms with Gasteiger partial charge < -0.3 is 5.32 Å². The van der Waals surface area contributed by atoms with E-state index in [0.717, 1.165) is 17.4 Å². The molecule has 1 N–H and O–H groups in total. The molecule has 1 aromatic carbocycles. The fourth-order valence-corrected chi connectivity index (χ4v) is 2.85. The smallest absolute Gasteiger partial charge is 0.348 e. The lowest BCUT2D eigenvalue weighted by Crippen LogP contribution is -2.39. The Morgan fingerprint density at radius 1 is 1.31 bits per heavy atom. The van der Waals surface area contributed by atoms with Crippen molar-refractivity contribution in [2.45, 2.75) is 19.6 Å². The Bertz CT molecular complexity index is 800. The van der Waals surface area contributed by atoms with Crippen molar-refractivity contribution in [1.82, 2.24) is 10.3 Å². The Balaban J connectivity index is 2.19. The molecular weight excluding hydrogens is 367 g/mol. The molecule has 5 nitrogen and oxygen atoms in total. The minimum Gasteiger partial charge on any atom is -0.348 e. The van der Waals surface area contributed by atoms with Crippen LogP contribution in [0, 0.1) is 6.92 Å². The molecule has 0 bridgehead atoms. The van der Waals surface area contributed by atoms with E-state index < -0.39 is 18.6 Å². The Hall–Kier alpha value is -2.68. The van der Waals surface area contributed by atoms with E-state index in [2.05, 4.69) is 16.9 Å². The maximum Gasteiger partial charge on any atom is 0.406 e. The molecule has 1 heterocycles. The Labute approximate surface area is 152 Å². The van der Waals surface area contributed by atoms with Gasteiger partial charge in [-0.15, -0.1) is 11.3 Å². The summed E-state index contributed by atoms with van der Waals surface area (Å²) in [6.07, 6.45) is -3.42. The van der Waals surface area contributed by atoms with Crippen molar-refractivity contribution < 1.29 is 22.8 Å². The number of nitrogens with one attached hydrogen (secondary N) is 1. The van der Waals surface area contributed by atoms with E-state index in [1.165, 1.54) is 12.1 Å². The average molecular weight is 383 g/mol. The van der Waals surface area contributed by atoms with Crippen LogP contribution in [0.1, 0.15) is 21.6 Å². The first kappa shape index (κ1) is 19.6. The molecule has 2 amide bonds. The summed E-state index contributed by atoms with van der Waals surface area (Å²) < 4.78 is 38.6. The van der Waals surface area contributed by atoms with Gasteiger partial charge in [0, 0.05) is 17.5 Å². The quantitative estimate of drug-likeness (QED) is 0.777. The molecule has 0 aliphatic heterocycles. The molecule has 1 aromatic heterocycles. The van der Waals surface area contributed by atoms with Crippen LogP contribution in [0.3, 0.4) is 0 Å². The van der Waals surface area contributed by atoms with Crippen LogP contribution in [0.4, 0.5) is 18.3 Å². The van der Waals surface area contributed by atoms with Crippen LogP contribution >= 0.6 is 11.3 Å². The number of hydrogen-bond acceptors (Lipinski definition) is 4. The van der Waals surface area contributed by atoms with E-state index in [4.69, 9.17) is 0 Å². The number of alkyl halides is 3. The lowest BCUT2D eigenvalue weighted by Gasteiger charge is -2.21. The van der Waals surface area contributed by atoms with Crippen molar-refractivity contribution in [2.24, 2.45) is 0 Å². The Morgan fingerprint density at radius 3 is 2.46 bits per heavy atom. The zero-order valence-electron chi connectivity index (χ0n) is 13.8. The number of carbonyl (C=O) groups excluding carboxylic acids is 2. The second-order valence-electron chi connectivity index (χ2n) is 5.40. The van der Waals surface area contributed by atoms with Crippen LogP contribution in [-0.2, 0) is 11.3 Å². The molecule has 0 aliphatic carbocycles. The summed E-state index contributed by atoms with van der Waals surface area (Å²) in [6.45, 7) is 3.77. The molecule has 0 spiro atoms. The fourth-order valence-electron chi connectivity index (χ4n) is 2.05. The zero-order chi connectivity index (χ0) is 19.3. The second-order valence-corrected chi connectivity index (χ2v) is 6.23. The van der Waals surface area contributed by atoms with E-state index in [1.807, 2.05) is 0 Å². The highest BCUT2D eigenvalue weighted by Crippen LogP contribution is 2.27. The van der Waals surface area contributed by atoms with Gasteiger partial charge in [-0.05, 0) is 30.7 Å². The molecule has 26 heavy (non-hydrogen) atoms. The summed E-state index contributed by atoms with van der Waals surface area (Å²) >= 11 is 0.975. The van der Waals surface area contributed by atoms with E-state index in [0.29, 0.717) is 16.2 Å². The number of amides is 2. The molecule has 138 valence electrons. The van der Waals surface area contributed by atoms with E-state index in [1.54, 1.807) is 24.4 Å². The number of anilines is 1. The molecule has 2 aromatic rings. The number of thiazole rings is 1. The van der Waals surface area contributed by atoms with Crippen molar-refractivity contribution >= 4 is 28.3 Å². The van der Waals surface area contributed by atoms with Crippen LogP contribution in [0.5, 0.6) is 0 Å². The van der Waals surface area contributed by atoms with Gasteiger partial charge in [0.05, 0.1) is 5.69 Å². The molecule has 0 saturated heterocycles. The van der Waals surface area contributed by atoms with Crippen molar-refractivity contribution in [3.63, 3.8) is 0 Å². The molecule has 0 radical (unpaired) electrons. The lowest BCUT2D eigenvalue weighted by molar-refractivity contribution is -0.119. The first-order chi connectivity index (χ1) is 12.2. The second kappa shape index (κ2) is 8.13. The van der Waals surface area contributed by atoms with Gasteiger partial charge in [0.2, 0.25) is 5.91 Å². The minimum absolute atomic E-state index is 0.00727. The molecule has 2 rings (SSSR count).